The Morgan fingerprint density at radius 1 is 1.73 bits per heavy atom. The third-order valence-electron chi connectivity index (χ3n) is 3.55. The predicted octanol–water partition coefficient (Wildman–Crippen LogP) is -0.129. The molecule has 0 radical (unpaired) electrons. The summed E-state index contributed by atoms with van der Waals surface area (Å²) in [5.74, 6) is 0.343. The summed E-state index contributed by atoms with van der Waals surface area (Å²) in [5, 5.41) is 2.92. The number of amides is 1. The van der Waals surface area contributed by atoms with Gasteiger partial charge in [-0.15, -0.1) is 0 Å². The predicted molar refractivity (Wildman–Crippen MR) is 62.5 cm³/mol. The highest BCUT2D eigenvalue weighted by molar-refractivity contribution is 7.80. The molecule has 2 fully saturated rings. The highest BCUT2D eigenvalue weighted by Gasteiger charge is 2.42. The highest BCUT2D eigenvalue weighted by Crippen LogP contribution is 2.28. The highest BCUT2D eigenvalue weighted by atomic mass is 32.1. The molecule has 2 aliphatic rings. The first-order valence-electron chi connectivity index (χ1n) is 5.44. The van der Waals surface area contributed by atoms with Crippen LogP contribution in [0.5, 0.6) is 0 Å². The lowest BCUT2D eigenvalue weighted by Gasteiger charge is -2.39. The van der Waals surface area contributed by atoms with Crippen LogP contribution in [-0.4, -0.2) is 41.0 Å². The molecule has 0 aliphatic carbocycles. The van der Waals surface area contributed by atoms with Crippen LogP contribution in [0.2, 0.25) is 0 Å². The lowest BCUT2D eigenvalue weighted by atomic mass is 9.90. The van der Waals surface area contributed by atoms with Crippen molar-refractivity contribution in [1.29, 1.82) is 0 Å². The SMILES string of the molecule is CC(C(N)=S)N1CCCC2C(=O)NCC21. The van der Waals surface area contributed by atoms with E-state index in [1.807, 2.05) is 6.92 Å². The van der Waals surface area contributed by atoms with Gasteiger partial charge in [-0.2, -0.15) is 0 Å². The molecule has 2 rings (SSSR count). The van der Waals surface area contributed by atoms with Gasteiger partial charge >= 0.3 is 0 Å². The molecule has 3 N–H and O–H groups in total. The molecule has 2 heterocycles. The summed E-state index contributed by atoms with van der Waals surface area (Å²) in [6, 6.07) is 0.392. The van der Waals surface area contributed by atoms with Crippen molar-refractivity contribution in [2.45, 2.75) is 31.8 Å². The van der Waals surface area contributed by atoms with Gasteiger partial charge in [0.25, 0.3) is 0 Å². The Balaban J connectivity index is 2.12. The monoisotopic (exact) mass is 227 g/mol. The van der Waals surface area contributed by atoms with Crippen molar-refractivity contribution in [2.24, 2.45) is 11.7 Å². The molecule has 3 atom stereocenters. The number of thiocarbonyl (C=S) groups is 1. The number of nitrogens with two attached hydrogens (primary N) is 1. The number of fused-ring (bicyclic) bond motifs is 1. The molecule has 4 nitrogen and oxygen atoms in total. The molecule has 0 bridgehead atoms. The molecule has 1 amide bonds. The fraction of sp³-hybridized carbons (Fsp3) is 0.800. The second kappa shape index (κ2) is 4.06. The largest absolute Gasteiger partial charge is 0.392 e. The van der Waals surface area contributed by atoms with Gasteiger partial charge < -0.3 is 11.1 Å². The standard InChI is InChI=1S/C10H17N3OS/c1-6(9(11)15)13-4-2-3-7-8(13)5-12-10(7)14/h6-8H,2-5H2,1H3,(H2,11,15)(H,12,14). The summed E-state index contributed by atoms with van der Waals surface area (Å²) < 4.78 is 0. The van der Waals surface area contributed by atoms with Gasteiger partial charge in [0.05, 0.1) is 16.9 Å². The van der Waals surface area contributed by atoms with E-state index in [0.717, 1.165) is 25.9 Å². The molecular weight excluding hydrogens is 210 g/mol. The van der Waals surface area contributed by atoms with Gasteiger partial charge in [-0.1, -0.05) is 12.2 Å². The van der Waals surface area contributed by atoms with Crippen LogP contribution in [0.1, 0.15) is 19.8 Å². The number of likely N-dealkylation sites (tertiary alicyclic amines) is 1. The second-order valence-electron chi connectivity index (χ2n) is 4.38. The lowest BCUT2D eigenvalue weighted by Crippen LogP contribution is -2.53. The van der Waals surface area contributed by atoms with Crippen LogP contribution in [0.25, 0.3) is 0 Å². The van der Waals surface area contributed by atoms with E-state index in [9.17, 15) is 4.79 Å². The molecule has 15 heavy (non-hydrogen) atoms. The van der Waals surface area contributed by atoms with Crippen molar-refractivity contribution in [1.82, 2.24) is 10.2 Å². The Labute approximate surface area is 95.2 Å². The molecule has 84 valence electrons. The Morgan fingerprint density at radius 2 is 2.47 bits per heavy atom. The number of hydrogen-bond acceptors (Lipinski definition) is 3. The van der Waals surface area contributed by atoms with E-state index in [-0.39, 0.29) is 17.9 Å². The molecule has 2 saturated heterocycles. The van der Waals surface area contributed by atoms with Gasteiger partial charge in [0.2, 0.25) is 5.91 Å². The van der Waals surface area contributed by atoms with E-state index in [1.165, 1.54) is 0 Å². The van der Waals surface area contributed by atoms with Gasteiger partial charge in [0.15, 0.2) is 0 Å². The maximum absolute atomic E-state index is 11.5. The zero-order valence-corrected chi connectivity index (χ0v) is 9.72. The van der Waals surface area contributed by atoms with Crippen LogP contribution in [0.3, 0.4) is 0 Å². The number of rotatable bonds is 2. The molecule has 0 aromatic rings. The van der Waals surface area contributed by atoms with Gasteiger partial charge in [-0.05, 0) is 26.3 Å². The van der Waals surface area contributed by atoms with Crippen molar-refractivity contribution in [3.63, 3.8) is 0 Å². The molecule has 0 aromatic carbocycles. The van der Waals surface area contributed by atoms with Crippen molar-refractivity contribution >= 4 is 23.1 Å². The molecule has 2 aliphatic heterocycles. The van der Waals surface area contributed by atoms with Crippen molar-refractivity contribution < 1.29 is 4.79 Å². The molecule has 0 spiro atoms. The summed E-state index contributed by atoms with van der Waals surface area (Å²) in [6.45, 7) is 3.76. The van der Waals surface area contributed by atoms with Crippen LogP contribution < -0.4 is 11.1 Å². The Hall–Kier alpha value is -0.680. The van der Waals surface area contributed by atoms with E-state index in [4.69, 9.17) is 18.0 Å². The summed E-state index contributed by atoms with van der Waals surface area (Å²) in [6.07, 6.45) is 2.05. The molecule has 3 unspecified atom stereocenters. The Morgan fingerprint density at radius 3 is 3.13 bits per heavy atom. The fourth-order valence-corrected chi connectivity index (χ4v) is 2.76. The van der Waals surface area contributed by atoms with Crippen LogP contribution in [0, 0.1) is 5.92 Å². The van der Waals surface area contributed by atoms with Crippen molar-refractivity contribution in [2.75, 3.05) is 13.1 Å². The smallest absolute Gasteiger partial charge is 0.224 e. The zero-order valence-electron chi connectivity index (χ0n) is 8.90. The van der Waals surface area contributed by atoms with Gasteiger partial charge in [0.1, 0.15) is 0 Å². The minimum atomic E-state index is 0.0977. The summed E-state index contributed by atoms with van der Waals surface area (Å²) in [7, 11) is 0. The number of nitrogens with zero attached hydrogens (tertiary/aromatic N) is 1. The van der Waals surface area contributed by atoms with Crippen LogP contribution >= 0.6 is 12.2 Å². The van der Waals surface area contributed by atoms with E-state index >= 15 is 0 Å². The maximum Gasteiger partial charge on any atom is 0.224 e. The molecular formula is C10H17N3OS. The van der Waals surface area contributed by atoms with Gasteiger partial charge in [0, 0.05) is 12.6 Å². The summed E-state index contributed by atoms with van der Waals surface area (Å²) >= 11 is 5.02. The first-order chi connectivity index (χ1) is 7.11. The van der Waals surface area contributed by atoms with Crippen LogP contribution in [-0.2, 0) is 4.79 Å². The fourth-order valence-electron chi connectivity index (χ4n) is 2.63. The molecule has 0 saturated carbocycles. The number of carbonyl (C=O) groups excluding carboxylic acids is 1. The van der Waals surface area contributed by atoms with E-state index < -0.39 is 0 Å². The first kappa shape index (κ1) is 10.8. The first-order valence-corrected chi connectivity index (χ1v) is 5.85. The number of carbonyl (C=O) groups is 1. The topological polar surface area (TPSA) is 58.4 Å². The number of nitrogens with one attached hydrogen (secondary N) is 1. The van der Waals surface area contributed by atoms with E-state index in [1.54, 1.807) is 0 Å². The van der Waals surface area contributed by atoms with Crippen LogP contribution in [0.15, 0.2) is 0 Å². The van der Waals surface area contributed by atoms with E-state index in [2.05, 4.69) is 10.2 Å². The molecule has 5 heteroatoms. The molecule has 0 aromatic heterocycles. The third-order valence-corrected chi connectivity index (χ3v) is 3.89. The van der Waals surface area contributed by atoms with Gasteiger partial charge in [-0.3, -0.25) is 9.69 Å². The average Bonchev–Trinajstić information content (AvgIpc) is 2.59. The van der Waals surface area contributed by atoms with E-state index in [0.29, 0.717) is 11.0 Å². The maximum atomic E-state index is 11.5. The quantitative estimate of drug-likeness (QED) is 0.645. The minimum Gasteiger partial charge on any atom is -0.392 e. The Bertz CT molecular complexity index is 294. The van der Waals surface area contributed by atoms with Crippen molar-refractivity contribution in [3.05, 3.63) is 0 Å². The minimum absolute atomic E-state index is 0.0977. The second-order valence-corrected chi connectivity index (χ2v) is 4.85. The number of hydrogen-bond donors (Lipinski definition) is 2. The summed E-state index contributed by atoms with van der Waals surface area (Å²) in [5.41, 5.74) is 5.67. The van der Waals surface area contributed by atoms with Crippen LogP contribution in [0.4, 0.5) is 0 Å². The summed E-state index contributed by atoms with van der Waals surface area (Å²) in [4.78, 5) is 14.3. The van der Waals surface area contributed by atoms with Crippen molar-refractivity contribution in [3.8, 4) is 0 Å². The number of piperidine rings is 1. The average molecular weight is 227 g/mol. The Kier molecular flexibility index (Phi) is 2.93. The van der Waals surface area contributed by atoms with Gasteiger partial charge in [-0.25, -0.2) is 0 Å². The lowest BCUT2D eigenvalue weighted by molar-refractivity contribution is -0.124. The normalized spacial score (nSPS) is 33.3. The zero-order chi connectivity index (χ0) is 11.0. The third kappa shape index (κ3) is 1.86.